The predicted molar refractivity (Wildman–Crippen MR) is 46.0 cm³/mol. The summed E-state index contributed by atoms with van der Waals surface area (Å²) in [7, 11) is 8.69. The van der Waals surface area contributed by atoms with E-state index in [0.29, 0.717) is 0 Å². The van der Waals surface area contributed by atoms with Gasteiger partial charge < -0.3 is 9.80 Å². The number of rotatable bonds is 4. The van der Waals surface area contributed by atoms with Crippen molar-refractivity contribution in [2.45, 2.75) is 6.92 Å². The standard InChI is InChI=1S/C8H21N2/c1-8(6-9-2)7-10(3,4)5/h8-9H,6-7H2,1-5H3/q+1. The Morgan fingerprint density at radius 2 is 1.80 bits per heavy atom. The highest BCUT2D eigenvalue weighted by Crippen LogP contribution is 1.99. The summed E-state index contributed by atoms with van der Waals surface area (Å²) in [5.74, 6) is 0.769. The minimum Gasteiger partial charge on any atom is -0.331 e. The van der Waals surface area contributed by atoms with E-state index in [4.69, 9.17) is 0 Å². The highest BCUT2D eigenvalue weighted by molar-refractivity contribution is 4.51. The highest BCUT2D eigenvalue weighted by atomic mass is 15.3. The van der Waals surface area contributed by atoms with Gasteiger partial charge in [0.1, 0.15) is 0 Å². The quantitative estimate of drug-likeness (QED) is 0.570. The largest absolute Gasteiger partial charge is 0.331 e. The van der Waals surface area contributed by atoms with Crippen molar-refractivity contribution < 1.29 is 4.48 Å². The van der Waals surface area contributed by atoms with Gasteiger partial charge in [0.15, 0.2) is 0 Å². The fourth-order valence-corrected chi connectivity index (χ4v) is 1.35. The van der Waals surface area contributed by atoms with Gasteiger partial charge in [-0.05, 0) is 7.05 Å². The van der Waals surface area contributed by atoms with E-state index in [1.54, 1.807) is 0 Å². The molecule has 0 aliphatic rings. The second-order valence-electron chi connectivity index (χ2n) is 4.14. The Labute approximate surface area is 64.8 Å². The molecule has 0 heterocycles. The Hall–Kier alpha value is -0.0800. The molecule has 0 spiro atoms. The summed E-state index contributed by atoms with van der Waals surface area (Å²) < 4.78 is 1.06. The van der Waals surface area contributed by atoms with E-state index in [1.807, 2.05) is 7.05 Å². The van der Waals surface area contributed by atoms with Crippen LogP contribution in [0.1, 0.15) is 6.92 Å². The molecule has 1 unspecified atom stereocenters. The van der Waals surface area contributed by atoms with Crippen LogP contribution in [0.5, 0.6) is 0 Å². The number of nitrogens with zero attached hydrogens (tertiary/aromatic N) is 1. The predicted octanol–water partition coefficient (Wildman–Crippen LogP) is 0.548. The zero-order valence-electron chi connectivity index (χ0n) is 7.94. The average Bonchev–Trinajstić information content (AvgIpc) is 1.59. The molecule has 0 aliphatic heterocycles. The van der Waals surface area contributed by atoms with Crippen LogP contribution in [0.25, 0.3) is 0 Å². The summed E-state index contributed by atoms with van der Waals surface area (Å²) in [6, 6.07) is 0. The topological polar surface area (TPSA) is 12.0 Å². The third-order valence-corrected chi connectivity index (χ3v) is 1.41. The van der Waals surface area contributed by atoms with Crippen molar-refractivity contribution in [2.75, 3.05) is 41.3 Å². The molecule has 2 heteroatoms. The van der Waals surface area contributed by atoms with Crippen molar-refractivity contribution in [3.63, 3.8) is 0 Å². The molecule has 0 fully saturated rings. The van der Waals surface area contributed by atoms with Crippen LogP contribution in [0, 0.1) is 5.92 Å². The van der Waals surface area contributed by atoms with Crippen LogP contribution in [0.2, 0.25) is 0 Å². The van der Waals surface area contributed by atoms with Crippen LogP contribution < -0.4 is 5.32 Å². The van der Waals surface area contributed by atoms with Gasteiger partial charge in [-0.2, -0.15) is 0 Å². The van der Waals surface area contributed by atoms with Gasteiger partial charge >= 0.3 is 0 Å². The normalized spacial score (nSPS) is 15.3. The molecule has 0 aromatic heterocycles. The lowest BCUT2D eigenvalue weighted by Crippen LogP contribution is -2.40. The second kappa shape index (κ2) is 3.94. The first kappa shape index (κ1) is 9.92. The SMILES string of the molecule is CNCC(C)C[N+](C)(C)C. The van der Waals surface area contributed by atoms with Gasteiger partial charge in [0.05, 0.1) is 27.7 Å². The van der Waals surface area contributed by atoms with Crippen molar-refractivity contribution in [3.8, 4) is 0 Å². The van der Waals surface area contributed by atoms with Crippen molar-refractivity contribution in [1.29, 1.82) is 0 Å². The van der Waals surface area contributed by atoms with E-state index in [-0.39, 0.29) is 0 Å². The van der Waals surface area contributed by atoms with Crippen LogP contribution in [-0.4, -0.2) is 45.8 Å². The molecular formula is C8H21N2+. The lowest BCUT2D eigenvalue weighted by molar-refractivity contribution is -0.873. The zero-order valence-corrected chi connectivity index (χ0v) is 7.94. The van der Waals surface area contributed by atoms with E-state index in [1.165, 1.54) is 6.54 Å². The molecule has 1 atom stereocenters. The minimum atomic E-state index is 0.769. The average molecular weight is 145 g/mol. The maximum absolute atomic E-state index is 3.18. The van der Waals surface area contributed by atoms with Crippen LogP contribution in [0.3, 0.4) is 0 Å². The molecular weight excluding hydrogens is 124 g/mol. The highest BCUT2D eigenvalue weighted by Gasteiger charge is 2.11. The Morgan fingerprint density at radius 3 is 2.10 bits per heavy atom. The van der Waals surface area contributed by atoms with Gasteiger partial charge in [-0.15, -0.1) is 0 Å². The molecule has 0 aromatic carbocycles. The van der Waals surface area contributed by atoms with E-state index < -0.39 is 0 Å². The molecule has 2 nitrogen and oxygen atoms in total. The van der Waals surface area contributed by atoms with E-state index in [0.717, 1.165) is 16.9 Å². The van der Waals surface area contributed by atoms with Crippen LogP contribution in [0.15, 0.2) is 0 Å². The number of nitrogens with one attached hydrogen (secondary N) is 1. The van der Waals surface area contributed by atoms with Crippen molar-refractivity contribution in [2.24, 2.45) is 5.92 Å². The smallest absolute Gasteiger partial charge is 0.0818 e. The van der Waals surface area contributed by atoms with Gasteiger partial charge in [0.2, 0.25) is 0 Å². The Kier molecular flexibility index (Phi) is 3.91. The molecule has 0 amide bonds. The number of hydrogen-bond acceptors (Lipinski definition) is 1. The van der Waals surface area contributed by atoms with Crippen LogP contribution in [0.4, 0.5) is 0 Å². The molecule has 0 bridgehead atoms. The van der Waals surface area contributed by atoms with Gasteiger partial charge in [-0.25, -0.2) is 0 Å². The molecule has 0 radical (unpaired) electrons. The van der Waals surface area contributed by atoms with Gasteiger partial charge in [-0.1, -0.05) is 6.92 Å². The van der Waals surface area contributed by atoms with Gasteiger partial charge in [-0.3, -0.25) is 0 Å². The Morgan fingerprint density at radius 1 is 1.30 bits per heavy atom. The molecule has 0 saturated carbocycles. The fraction of sp³-hybridized carbons (Fsp3) is 1.00. The third kappa shape index (κ3) is 6.05. The summed E-state index contributed by atoms with van der Waals surface area (Å²) in [5.41, 5.74) is 0. The third-order valence-electron chi connectivity index (χ3n) is 1.41. The molecule has 62 valence electrons. The van der Waals surface area contributed by atoms with Crippen molar-refractivity contribution >= 4 is 0 Å². The lowest BCUT2D eigenvalue weighted by Gasteiger charge is -2.27. The maximum atomic E-state index is 3.18. The molecule has 0 aromatic rings. The molecule has 0 saturated heterocycles. The summed E-state index contributed by atoms with van der Waals surface area (Å²) in [6.07, 6.45) is 0. The van der Waals surface area contributed by atoms with Crippen molar-refractivity contribution in [3.05, 3.63) is 0 Å². The van der Waals surface area contributed by atoms with Crippen LogP contribution >= 0.6 is 0 Å². The first-order valence-electron chi connectivity index (χ1n) is 3.91. The van der Waals surface area contributed by atoms with E-state index in [9.17, 15) is 0 Å². The fourth-order valence-electron chi connectivity index (χ4n) is 1.35. The summed E-state index contributed by atoms with van der Waals surface area (Å²) >= 11 is 0. The molecule has 0 rings (SSSR count). The Balaban J connectivity index is 3.47. The molecule has 1 N–H and O–H groups in total. The minimum absolute atomic E-state index is 0.769. The van der Waals surface area contributed by atoms with Crippen molar-refractivity contribution in [1.82, 2.24) is 5.32 Å². The molecule has 0 aliphatic carbocycles. The second-order valence-corrected chi connectivity index (χ2v) is 4.14. The lowest BCUT2D eigenvalue weighted by atomic mass is 10.1. The first-order chi connectivity index (χ1) is 4.45. The zero-order chi connectivity index (χ0) is 8.20. The van der Waals surface area contributed by atoms with Crippen LogP contribution in [-0.2, 0) is 0 Å². The summed E-state index contributed by atoms with van der Waals surface area (Å²) in [6.45, 7) is 4.64. The van der Waals surface area contributed by atoms with Gasteiger partial charge in [0, 0.05) is 12.5 Å². The molecule has 10 heavy (non-hydrogen) atoms. The monoisotopic (exact) mass is 145 g/mol. The summed E-state index contributed by atoms with van der Waals surface area (Å²) in [4.78, 5) is 0. The van der Waals surface area contributed by atoms with Gasteiger partial charge in [0.25, 0.3) is 0 Å². The summed E-state index contributed by atoms with van der Waals surface area (Å²) in [5, 5.41) is 3.18. The van der Waals surface area contributed by atoms with E-state index >= 15 is 0 Å². The van der Waals surface area contributed by atoms with E-state index in [2.05, 4.69) is 33.4 Å². The Bertz CT molecular complexity index is 83.7. The first-order valence-corrected chi connectivity index (χ1v) is 3.91. The number of hydrogen-bond donors (Lipinski definition) is 1. The maximum Gasteiger partial charge on any atom is 0.0818 e. The number of quaternary nitrogens is 1.